The number of carbonyl (C=O) groups is 1. The molecule has 1 amide bonds. The van der Waals surface area contributed by atoms with Gasteiger partial charge in [0.05, 0.1) is 22.9 Å². The van der Waals surface area contributed by atoms with Gasteiger partial charge in [-0.25, -0.2) is 9.89 Å². The number of nitrogens with one attached hydrogen (secondary N) is 3. The second-order valence-electron chi connectivity index (χ2n) is 1.45. The summed E-state index contributed by atoms with van der Waals surface area (Å²) in [6, 6.07) is 0. The van der Waals surface area contributed by atoms with Crippen LogP contribution in [0.5, 0.6) is 0 Å². The lowest BCUT2D eigenvalue weighted by molar-refractivity contribution is 0.0980. The van der Waals surface area contributed by atoms with Crippen LogP contribution in [0.15, 0.2) is 4.79 Å². The van der Waals surface area contributed by atoms with E-state index in [-0.39, 0.29) is 5.82 Å². The van der Waals surface area contributed by atoms with Crippen molar-refractivity contribution in [3.63, 3.8) is 0 Å². The van der Waals surface area contributed by atoms with Gasteiger partial charge in [-0.05, 0) is 0 Å². The first-order valence-corrected chi connectivity index (χ1v) is 3.37. The normalized spacial score (nSPS) is 9.30. The smallest absolute Gasteiger partial charge is 0.292 e. The number of H-pyrrole nitrogens is 2. The highest BCUT2D eigenvalue weighted by Crippen LogP contribution is 1.83. The maximum absolute atomic E-state index is 10.7. The van der Waals surface area contributed by atoms with E-state index in [2.05, 4.69) is 18.7 Å². The average molecular weight is 254 g/mol. The standard InChI is InChI=1S/C3H3IN4O2/c4-6-2(9)1-5-3(10)8-7-1/h(H,6,9)(H2,5,7,8,10). The van der Waals surface area contributed by atoms with Gasteiger partial charge < -0.3 is 0 Å². The Kier molecular flexibility index (Phi) is 2.04. The highest BCUT2D eigenvalue weighted by Gasteiger charge is 2.06. The van der Waals surface area contributed by atoms with Gasteiger partial charge in [0.1, 0.15) is 0 Å². The minimum absolute atomic E-state index is 0.0144. The molecule has 0 bridgehead atoms. The SMILES string of the molecule is O=C(NI)c1n[nH]c(=O)[nH]1. The van der Waals surface area contributed by atoms with Crippen LogP contribution in [-0.4, -0.2) is 21.1 Å². The molecule has 10 heavy (non-hydrogen) atoms. The van der Waals surface area contributed by atoms with E-state index in [1.165, 1.54) is 0 Å². The van der Waals surface area contributed by atoms with E-state index >= 15 is 0 Å². The molecular weight excluding hydrogens is 251 g/mol. The molecule has 0 spiro atoms. The van der Waals surface area contributed by atoms with Crippen molar-refractivity contribution in [2.45, 2.75) is 0 Å². The van der Waals surface area contributed by atoms with E-state index < -0.39 is 11.6 Å². The summed E-state index contributed by atoms with van der Waals surface area (Å²) < 4.78 is 2.27. The van der Waals surface area contributed by atoms with Gasteiger partial charge in [-0.3, -0.25) is 13.3 Å². The van der Waals surface area contributed by atoms with E-state index in [1.807, 2.05) is 0 Å². The highest BCUT2D eigenvalue weighted by molar-refractivity contribution is 14.1. The lowest BCUT2D eigenvalue weighted by Crippen LogP contribution is -2.14. The van der Waals surface area contributed by atoms with Crippen molar-refractivity contribution < 1.29 is 4.79 Å². The van der Waals surface area contributed by atoms with Crippen LogP contribution in [0.4, 0.5) is 0 Å². The first kappa shape index (κ1) is 7.25. The van der Waals surface area contributed by atoms with Gasteiger partial charge in [0.25, 0.3) is 5.91 Å². The number of aromatic amines is 2. The fourth-order valence-corrected chi connectivity index (χ4v) is 0.678. The second kappa shape index (κ2) is 2.82. The van der Waals surface area contributed by atoms with Gasteiger partial charge in [-0.2, -0.15) is 0 Å². The fourth-order valence-electron chi connectivity index (χ4n) is 0.422. The molecule has 7 heteroatoms. The van der Waals surface area contributed by atoms with Crippen molar-refractivity contribution in [3.05, 3.63) is 16.3 Å². The van der Waals surface area contributed by atoms with Crippen molar-refractivity contribution >= 4 is 28.8 Å². The van der Waals surface area contributed by atoms with Gasteiger partial charge >= 0.3 is 5.69 Å². The molecule has 0 saturated heterocycles. The third-order valence-corrected chi connectivity index (χ3v) is 1.29. The van der Waals surface area contributed by atoms with Gasteiger partial charge in [0, 0.05) is 0 Å². The van der Waals surface area contributed by atoms with Gasteiger partial charge in [-0.15, -0.1) is 5.10 Å². The largest absolute Gasteiger partial charge is 0.341 e. The molecule has 3 N–H and O–H groups in total. The van der Waals surface area contributed by atoms with E-state index in [1.54, 1.807) is 22.9 Å². The molecular formula is C3H3IN4O2. The summed E-state index contributed by atoms with van der Waals surface area (Å²) >= 11 is 1.65. The van der Waals surface area contributed by atoms with Gasteiger partial charge in [0.2, 0.25) is 5.82 Å². The average Bonchev–Trinajstić information content (AvgIpc) is 2.34. The Morgan fingerprint density at radius 1 is 1.70 bits per heavy atom. The number of hydrogen-bond acceptors (Lipinski definition) is 3. The first-order chi connectivity index (χ1) is 4.74. The van der Waals surface area contributed by atoms with Crippen molar-refractivity contribution in [1.82, 2.24) is 18.7 Å². The third kappa shape index (κ3) is 1.35. The summed E-state index contributed by atoms with van der Waals surface area (Å²) in [5, 5.41) is 5.44. The molecule has 0 aromatic carbocycles. The Morgan fingerprint density at radius 3 is 2.80 bits per heavy atom. The summed E-state index contributed by atoms with van der Waals surface area (Å²) in [4.78, 5) is 23.2. The predicted octanol–water partition coefficient (Wildman–Crippen LogP) is -0.822. The summed E-state index contributed by atoms with van der Waals surface area (Å²) in [6.45, 7) is 0. The van der Waals surface area contributed by atoms with Crippen molar-refractivity contribution in [2.24, 2.45) is 0 Å². The molecule has 0 radical (unpaired) electrons. The zero-order valence-electron chi connectivity index (χ0n) is 4.64. The molecule has 1 aromatic heterocycles. The molecule has 1 aromatic rings. The number of nitrogens with zero attached hydrogens (tertiary/aromatic N) is 1. The van der Waals surface area contributed by atoms with Crippen LogP contribution < -0.4 is 9.22 Å². The molecule has 54 valence electrons. The van der Waals surface area contributed by atoms with Crippen molar-refractivity contribution in [2.75, 3.05) is 0 Å². The van der Waals surface area contributed by atoms with Crippen LogP contribution in [0.25, 0.3) is 0 Å². The monoisotopic (exact) mass is 254 g/mol. The lowest BCUT2D eigenvalue weighted by atomic mass is 10.6. The number of halogens is 1. The number of hydrogen-bond donors (Lipinski definition) is 3. The van der Waals surface area contributed by atoms with E-state index in [4.69, 9.17) is 0 Å². The molecule has 0 fully saturated rings. The second-order valence-corrected chi connectivity index (χ2v) is 1.99. The zero-order chi connectivity index (χ0) is 7.56. The Hall–Kier alpha value is -0.860. The number of amides is 1. The molecule has 0 aliphatic heterocycles. The molecule has 6 nitrogen and oxygen atoms in total. The highest BCUT2D eigenvalue weighted by atomic mass is 127. The fraction of sp³-hybridized carbons (Fsp3) is 0. The van der Waals surface area contributed by atoms with Crippen LogP contribution in [0.1, 0.15) is 10.6 Å². The zero-order valence-corrected chi connectivity index (χ0v) is 6.80. The first-order valence-electron chi connectivity index (χ1n) is 2.29. The molecule has 0 aliphatic rings. The third-order valence-electron chi connectivity index (χ3n) is 0.802. The summed E-state index contributed by atoms with van der Waals surface area (Å²) in [5.41, 5.74) is -0.491. The molecule has 0 aliphatic carbocycles. The number of rotatable bonds is 1. The minimum atomic E-state index is -0.491. The molecule has 1 heterocycles. The molecule has 0 saturated carbocycles. The lowest BCUT2D eigenvalue weighted by Gasteiger charge is -1.86. The van der Waals surface area contributed by atoms with E-state index in [9.17, 15) is 9.59 Å². The summed E-state index contributed by atoms with van der Waals surface area (Å²) in [6.07, 6.45) is 0. The van der Waals surface area contributed by atoms with Gasteiger partial charge in [0.15, 0.2) is 0 Å². The quantitative estimate of drug-likeness (QED) is 0.451. The van der Waals surface area contributed by atoms with Crippen molar-refractivity contribution in [1.29, 1.82) is 0 Å². The minimum Gasteiger partial charge on any atom is -0.292 e. The maximum atomic E-state index is 10.7. The topological polar surface area (TPSA) is 90.6 Å². The number of aromatic nitrogens is 3. The van der Waals surface area contributed by atoms with E-state index in [0.717, 1.165) is 0 Å². The van der Waals surface area contributed by atoms with Crippen LogP contribution in [0, 0.1) is 0 Å². The molecule has 0 atom stereocenters. The maximum Gasteiger partial charge on any atom is 0.341 e. The van der Waals surface area contributed by atoms with E-state index in [0.29, 0.717) is 0 Å². The number of carbonyl (C=O) groups excluding carboxylic acids is 1. The summed E-state index contributed by atoms with van der Waals surface area (Å²) in [7, 11) is 0. The van der Waals surface area contributed by atoms with Crippen LogP contribution in [-0.2, 0) is 0 Å². The Balaban J connectivity index is 2.95. The molecule has 0 unspecified atom stereocenters. The van der Waals surface area contributed by atoms with Crippen LogP contribution in [0.2, 0.25) is 0 Å². The Labute approximate surface area is 68.9 Å². The van der Waals surface area contributed by atoms with Crippen LogP contribution in [0.3, 0.4) is 0 Å². The Morgan fingerprint density at radius 2 is 2.40 bits per heavy atom. The Bertz CT molecular complexity index is 289. The van der Waals surface area contributed by atoms with Crippen LogP contribution >= 0.6 is 22.9 Å². The summed E-state index contributed by atoms with van der Waals surface area (Å²) in [5.74, 6) is -0.446. The van der Waals surface area contributed by atoms with Gasteiger partial charge in [-0.1, -0.05) is 0 Å². The predicted molar refractivity (Wildman–Crippen MR) is 40.7 cm³/mol. The van der Waals surface area contributed by atoms with Crippen molar-refractivity contribution in [3.8, 4) is 0 Å². The molecule has 1 rings (SSSR count).